The molecule has 0 saturated heterocycles. The molecular weight excluding hydrogens is 396 g/mol. The zero-order valence-electron chi connectivity index (χ0n) is 16.4. The van der Waals surface area contributed by atoms with Gasteiger partial charge in [-0.3, -0.25) is 9.52 Å². The van der Waals surface area contributed by atoms with E-state index >= 15 is 0 Å². The third-order valence-corrected chi connectivity index (χ3v) is 7.09. The van der Waals surface area contributed by atoms with Crippen LogP contribution in [-0.4, -0.2) is 20.9 Å². The fraction of sp³-hybridized carbons (Fsp3) is 0.208. The number of hydrogen-bond acceptors (Lipinski definition) is 3. The zero-order chi connectivity index (χ0) is 20.7. The third-order valence-electron chi connectivity index (χ3n) is 5.70. The Morgan fingerprint density at radius 2 is 1.60 bits per heavy atom. The fourth-order valence-corrected chi connectivity index (χ4v) is 4.94. The highest BCUT2D eigenvalue weighted by atomic mass is 32.2. The van der Waals surface area contributed by atoms with Gasteiger partial charge in [-0.05, 0) is 60.2 Å². The van der Waals surface area contributed by atoms with Crippen LogP contribution in [-0.2, 0) is 21.2 Å². The summed E-state index contributed by atoms with van der Waals surface area (Å²) in [7, 11) is -3.72. The normalized spacial score (nSPS) is 15.7. The number of nitrogens with one attached hydrogen (secondary N) is 1. The van der Waals surface area contributed by atoms with Crippen LogP contribution < -0.4 is 9.62 Å². The SMILES string of the molecule is O=C(C1CC1)N1CCc2ccc(NS(=O)(=O)c3ccc(-c4ccccc4)cc3)cc21. The van der Waals surface area contributed by atoms with Crippen molar-refractivity contribution in [3.8, 4) is 11.1 Å². The van der Waals surface area contributed by atoms with Gasteiger partial charge in [-0.15, -0.1) is 0 Å². The Labute approximate surface area is 176 Å². The third kappa shape index (κ3) is 3.59. The summed E-state index contributed by atoms with van der Waals surface area (Å²) >= 11 is 0. The summed E-state index contributed by atoms with van der Waals surface area (Å²) in [6.45, 7) is 0.668. The fourth-order valence-electron chi connectivity index (χ4n) is 3.89. The van der Waals surface area contributed by atoms with Crippen LogP contribution in [0.3, 0.4) is 0 Å². The summed E-state index contributed by atoms with van der Waals surface area (Å²) in [6, 6.07) is 22.1. The highest BCUT2D eigenvalue weighted by Gasteiger charge is 2.36. The van der Waals surface area contributed by atoms with Gasteiger partial charge in [0.05, 0.1) is 10.6 Å². The second kappa shape index (κ2) is 7.29. The Bertz CT molecular complexity index is 1200. The van der Waals surface area contributed by atoms with Crippen LogP contribution in [0.15, 0.2) is 77.7 Å². The lowest BCUT2D eigenvalue weighted by molar-refractivity contribution is -0.119. The van der Waals surface area contributed by atoms with Gasteiger partial charge in [-0.1, -0.05) is 48.5 Å². The lowest BCUT2D eigenvalue weighted by Gasteiger charge is -2.18. The molecule has 1 saturated carbocycles. The molecule has 1 fully saturated rings. The van der Waals surface area contributed by atoms with E-state index in [2.05, 4.69) is 4.72 Å². The highest BCUT2D eigenvalue weighted by molar-refractivity contribution is 7.92. The van der Waals surface area contributed by atoms with Crippen LogP contribution >= 0.6 is 0 Å². The number of amides is 1. The molecule has 1 heterocycles. The van der Waals surface area contributed by atoms with Crippen molar-refractivity contribution in [2.45, 2.75) is 24.2 Å². The largest absolute Gasteiger partial charge is 0.312 e. The number of sulfonamides is 1. The van der Waals surface area contributed by atoms with Gasteiger partial charge in [0.15, 0.2) is 0 Å². The van der Waals surface area contributed by atoms with Gasteiger partial charge in [0, 0.05) is 18.2 Å². The second-order valence-electron chi connectivity index (χ2n) is 7.85. The molecule has 1 N–H and O–H groups in total. The molecule has 0 bridgehead atoms. The van der Waals surface area contributed by atoms with Gasteiger partial charge in [-0.25, -0.2) is 8.42 Å². The van der Waals surface area contributed by atoms with Crippen molar-refractivity contribution in [3.05, 3.63) is 78.4 Å². The molecule has 5 rings (SSSR count). The second-order valence-corrected chi connectivity index (χ2v) is 9.54. The summed E-state index contributed by atoms with van der Waals surface area (Å²) < 4.78 is 28.4. The first-order chi connectivity index (χ1) is 14.5. The average Bonchev–Trinajstić information content (AvgIpc) is 3.53. The molecule has 1 aliphatic heterocycles. The predicted molar refractivity (Wildman–Crippen MR) is 118 cm³/mol. The number of carbonyl (C=O) groups is 1. The highest BCUT2D eigenvalue weighted by Crippen LogP contribution is 2.37. The maximum Gasteiger partial charge on any atom is 0.261 e. The van der Waals surface area contributed by atoms with Crippen molar-refractivity contribution in [1.82, 2.24) is 0 Å². The van der Waals surface area contributed by atoms with Crippen LogP contribution in [0.4, 0.5) is 11.4 Å². The van der Waals surface area contributed by atoms with E-state index in [-0.39, 0.29) is 16.7 Å². The average molecular weight is 419 g/mol. The van der Waals surface area contributed by atoms with Crippen molar-refractivity contribution in [2.75, 3.05) is 16.2 Å². The first kappa shape index (κ1) is 18.9. The van der Waals surface area contributed by atoms with Crippen molar-refractivity contribution < 1.29 is 13.2 Å². The number of carbonyl (C=O) groups excluding carboxylic acids is 1. The molecule has 0 aromatic heterocycles. The summed E-state index contributed by atoms with van der Waals surface area (Å²) in [6.07, 6.45) is 2.72. The molecule has 0 spiro atoms. The summed E-state index contributed by atoms with van der Waals surface area (Å²) in [5.74, 6) is 0.296. The number of anilines is 2. The van der Waals surface area contributed by atoms with Gasteiger partial charge in [-0.2, -0.15) is 0 Å². The molecule has 152 valence electrons. The Morgan fingerprint density at radius 1 is 0.900 bits per heavy atom. The number of fused-ring (bicyclic) bond motifs is 1. The maximum atomic E-state index is 12.9. The van der Waals surface area contributed by atoms with Gasteiger partial charge < -0.3 is 4.90 Å². The maximum absolute atomic E-state index is 12.9. The van der Waals surface area contributed by atoms with Gasteiger partial charge in [0.25, 0.3) is 10.0 Å². The number of nitrogens with zero attached hydrogens (tertiary/aromatic N) is 1. The van der Waals surface area contributed by atoms with E-state index in [4.69, 9.17) is 0 Å². The van der Waals surface area contributed by atoms with E-state index in [1.54, 1.807) is 29.2 Å². The summed E-state index contributed by atoms with van der Waals surface area (Å²) in [5.41, 5.74) is 4.37. The Morgan fingerprint density at radius 3 is 2.30 bits per heavy atom. The topological polar surface area (TPSA) is 66.5 Å². The van der Waals surface area contributed by atoms with Crippen LogP contribution in [0.25, 0.3) is 11.1 Å². The van der Waals surface area contributed by atoms with Gasteiger partial charge >= 0.3 is 0 Å². The van der Waals surface area contributed by atoms with E-state index in [1.165, 1.54) is 0 Å². The molecule has 6 heteroatoms. The first-order valence-electron chi connectivity index (χ1n) is 10.1. The van der Waals surface area contributed by atoms with E-state index < -0.39 is 10.0 Å². The van der Waals surface area contributed by atoms with Crippen molar-refractivity contribution in [2.24, 2.45) is 5.92 Å². The lowest BCUT2D eigenvalue weighted by atomic mass is 10.1. The van der Waals surface area contributed by atoms with E-state index in [0.29, 0.717) is 12.2 Å². The van der Waals surface area contributed by atoms with E-state index in [9.17, 15) is 13.2 Å². The molecule has 1 aliphatic carbocycles. The number of hydrogen-bond donors (Lipinski definition) is 1. The number of benzene rings is 3. The first-order valence-corrected chi connectivity index (χ1v) is 11.6. The van der Waals surface area contributed by atoms with Crippen molar-refractivity contribution in [1.29, 1.82) is 0 Å². The molecule has 30 heavy (non-hydrogen) atoms. The standard InChI is InChI=1S/C24H22N2O3S/c27-24(20-6-7-20)26-15-14-19-8-11-21(16-23(19)26)25-30(28,29)22-12-9-18(10-13-22)17-4-2-1-3-5-17/h1-5,8-13,16,20,25H,6-7,14-15H2. The molecule has 1 amide bonds. The minimum absolute atomic E-state index is 0.138. The molecule has 0 unspecified atom stereocenters. The number of rotatable bonds is 5. The van der Waals surface area contributed by atoms with Crippen LogP contribution in [0, 0.1) is 5.92 Å². The quantitative estimate of drug-likeness (QED) is 0.666. The summed E-state index contributed by atoms with van der Waals surface area (Å²) in [5, 5.41) is 0. The van der Waals surface area contributed by atoms with Gasteiger partial charge in [0.2, 0.25) is 5.91 Å². The molecule has 3 aromatic rings. The lowest BCUT2D eigenvalue weighted by Crippen LogP contribution is -2.30. The molecule has 0 atom stereocenters. The Kier molecular flexibility index (Phi) is 4.59. The Hall–Kier alpha value is -3.12. The van der Waals surface area contributed by atoms with Crippen LogP contribution in [0.5, 0.6) is 0 Å². The zero-order valence-corrected chi connectivity index (χ0v) is 17.2. The van der Waals surface area contributed by atoms with Crippen molar-refractivity contribution >= 4 is 27.3 Å². The molecule has 5 nitrogen and oxygen atoms in total. The summed E-state index contributed by atoms with van der Waals surface area (Å²) in [4.78, 5) is 14.5. The van der Waals surface area contributed by atoms with Gasteiger partial charge in [0.1, 0.15) is 0 Å². The molecule has 2 aliphatic rings. The minimum Gasteiger partial charge on any atom is -0.312 e. The smallest absolute Gasteiger partial charge is 0.261 e. The monoisotopic (exact) mass is 418 g/mol. The predicted octanol–water partition coefficient (Wildman–Crippen LogP) is 4.45. The van der Waals surface area contributed by atoms with Crippen LogP contribution in [0.2, 0.25) is 0 Å². The van der Waals surface area contributed by atoms with E-state index in [1.807, 2.05) is 48.5 Å². The molecule has 0 radical (unpaired) electrons. The van der Waals surface area contributed by atoms with Crippen LogP contribution in [0.1, 0.15) is 18.4 Å². The van der Waals surface area contributed by atoms with E-state index in [0.717, 1.165) is 41.6 Å². The van der Waals surface area contributed by atoms with Crippen molar-refractivity contribution in [3.63, 3.8) is 0 Å². The molecular formula is C24H22N2O3S. The minimum atomic E-state index is -3.72. The molecule has 3 aromatic carbocycles. The Balaban J connectivity index is 1.38.